The largest absolute Gasteiger partial charge is 0.477 e. The summed E-state index contributed by atoms with van der Waals surface area (Å²) in [7, 11) is 0. The Balaban J connectivity index is 1.90. The molecule has 5 heteroatoms. The van der Waals surface area contributed by atoms with E-state index < -0.39 is 5.97 Å². The number of carboxylic acids is 1. The summed E-state index contributed by atoms with van der Waals surface area (Å²) in [5, 5.41) is 9.28. The standard InChI is InChI=1S/C30H55N3O2/c1-2-3-4-5-6-7-8-9-10-11-12-13-14-15-16-17-18-19-20-21-22-23-29-32-25-27-33(29,26-24-31)28-30(34)35/h18-19,25,27H,2-17,20-24,26,28,31H2,1H3/p+1/b19-18+. The van der Waals surface area contributed by atoms with E-state index in [0.717, 1.165) is 31.5 Å². The van der Waals surface area contributed by atoms with E-state index in [1.165, 1.54) is 103 Å². The summed E-state index contributed by atoms with van der Waals surface area (Å²) in [4.78, 5) is 15.7. The SMILES string of the molecule is CCCCCCCCCCCCCCCCC/C=C/CCCCC1=NC=C[N+]1(CCN)CC(=O)O. The lowest BCUT2D eigenvalue weighted by molar-refractivity contribution is -0.778. The van der Waals surface area contributed by atoms with E-state index in [9.17, 15) is 9.90 Å². The molecule has 0 aliphatic carbocycles. The van der Waals surface area contributed by atoms with Crippen molar-refractivity contribution in [3.63, 3.8) is 0 Å². The zero-order chi connectivity index (χ0) is 25.5. The molecule has 35 heavy (non-hydrogen) atoms. The molecule has 1 unspecified atom stereocenters. The Morgan fingerprint density at radius 3 is 1.80 bits per heavy atom. The number of aliphatic imine (C=N–C) groups is 1. The molecule has 0 fully saturated rings. The Hall–Kier alpha value is -1.46. The molecular weight excluding hydrogens is 434 g/mol. The Morgan fingerprint density at radius 2 is 1.31 bits per heavy atom. The molecule has 0 radical (unpaired) electrons. The predicted octanol–water partition coefficient (Wildman–Crippen LogP) is 8.11. The molecule has 0 aromatic carbocycles. The Bertz CT molecular complexity index is 615. The fourth-order valence-corrected chi connectivity index (χ4v) is 5.05. The molecule has 0 saturated carbocycles. The zero-order valence-electron chi connectivity index (χ0n) is 22.9. The van der Waals surface area contributed by atoms with Gasteiger partial charge in [0, 0.05) is 13.0 Å². The van der Waals surface area contributed by atoms with Gasteiger partial charge in [-0.25, -0.2) is 14.3 Å². The normalized spacial score (nSPS) is 17.5. The van der Waals surface area contributed by atoms with Gasteiger partial charge in [-0.05, 0) is 32.1 Å². The number of nitrogens with zero attached hydrogens (tertiary/aromatic N) is 2. The molecule has 0 bridgehead atoms. The van der Waals surface area contributed by atoms with Crippen LogP contribution in [0.5, 0.6) is 0 Å². The number of hydrogen-bond acceptors (Lipinski definition) is 3. The van der Waals surface area contributed by atoms with Gasteiger partial charge in [0.25, 0.3) is 0 Å². The summed E-state index contributed by atoms with van der Waals surface area (Å²) in [6.45, 7) is 3.38. The Kier molecular flexibility index (Phi) is 19.7. The van der Waals surface area contributed by atoms with Crippen LogP contribution in [-0.4, -0.2) is 41.0 Å². The second-order valence-electron chi connectivity index (χ2n) is 10.4. The van der Waals surface area contributed by atoms with E-state index in [0.29, 0.717) is 17.6 Å². The van der Waals surface area contributed by atoms with Gasteiger partial charge in [-0.2, -0.15) is 0 Å². The van der Waals surface area contributed by atoms with Crippen LogP contribution < -0.4 is 5.73 Å². The lowest BCUT2D eigenvalue weighted by Gasteiger charge is -2.30. The maximum atomic E-state index is 11.3. The zero-order valence-corrected chi connectivity index (χ0v) is 22.9. The molecule has 0 spiro atoms. The van der Waals surface area contributed by atoms with Crippen LogP contribution in [0, 0.1) is 0 Å². The number of carbonyl (C=O) groups is 1. The molecule has 0 saturated heterocycles. The van der Waals surface area contributed by atoms with E-state index in [1.807, 2.05) is 6.20 Å². The Labute approximate surface area is 216 Å². The van der Waals surface area contributed by atoms with Crippen molar-refractivity contribution in [1.82, 2.24) is 0 Å². The predicted molar refractivity (Wildman–Crippen MR) is 150 cm³/mol. The lowest BCUT2D eigenvalue weighted by Crippen LogP contribution is -2.52. The first-order valence-electron chi connectivity index (χ1n) is 14.8. The van der Waals surface area contributed by atoms with Crippen molar-refractivity contribution >= 4 is 11.8 Å². The average molecular weight is 491 g/mol. The highest BCUT2D eigenvalue weighted by atomic mass is 16.4. The van der Waals surface area contributed by atoms with Crippen molar-refractivity contribution in [2.75, 3.05) is 19.6 Å². The smallest absolute Gasteiger partial charge is 0.360 e. The quantitative estimate of drug-likeness (QED) is 0.0771. The molecule has 0 aromatic heterocycles. The molecule has 1 atom stereocenters. The Morgan fingerprint density at radius 1 is 0.829 bits per heavy atom. The molecule has 1 heterocycles. The van der Waals surface area contributed by atoms with Gasteiger partial charge >= 0.3 is 5.97 Å². The molecule has 1 aliphatic heterocycles. The van der Waals surface area contributed by atoms with Crippen LogP contribution in [0.1, 0.15) is 135 Å². The fraction of sp³-hybridized carbons (Fsp3) is 0.800. The van der Waals surface area contributed by atoms with E-state index in [4.69, 9.17) is 5.73 Å². The van der Waals surface area contributed by atoms with Gasteiger partial charge in [0.15, 0.2) is 6.54 Å². The van der Waals surface area contributed by atoms with Crippen molar-refractivity contribution in [3.05, 3.63) is 24.6 Å². The third-order valence-corrected chi connectivity index (χ3v) is 7.20. The first-order valence-corrected chi connectivity index (χ1v) is 14.8. The van der Waals surface area contributed by atoms with Gasteiger partial charge in [0.1, 0.15) is 12.7 Å². The number of amidine groups is 1. The van der Waals surface area contributed by atoms with E-state index in [-0.39, 0.29) is 6.54 Å². The number of carboxylic acid groups (broad SMARTS) is 1. The number of unbranched alkanes of at least 4 members (excludes halogenated alkanes) is 17. The number of rotatable bonds is 25. The topological polar surface area (TPSA) is 75.7 Å². The molecule has 0 aromatic rings. The average Bonchev–Trinajstić information content (AvgIpc) is 3.21. The minimum absolute atomic E-state index is 0.0334. The molecule has 3 N–H and O–H groups in total. The van der Waals surface area contributed by atoms with Gasteiger partial charge < -0.3 is 10.8 Å². The van der Waals surface area contributed by atoms with Gasteiger partial charge in [0.2, 0.25) is 5.84 Å². The molecule has 5 nitrogen and oxygen atoms in total. The number of hydrogen-bond donors (Lipinski definition) is 2. The van der Waals surface area contributed by atoms with E-state index in [1.54, 1.807) is 6.20 Å². The summed E-state index contributed by atoms with van der Waals surface area (Å²) in [5.74, 6) is 0.138. The van der Waals surface area contributed by atoms with Crippen LogP contribution in [-0.2, 0) is 4.79 Å². The number of allylic oxidation sites excluding steroid dienone is 2. The molecule has 0 amide bonds. The third-order valence-electron chi connectivity index (χ3n) is 7.20. The minimum Gasteiger partial charge on any atom is -0.477 e. The molecular formula is C30H56N3O2+. The maximum absolute atomic E-state index is 11.3. The minimum atomic E-state index is -0.806. The highest BCUT2D eigenvalue weighted by molar-refractivity contribution is 5.81. The van der Waals surface area contributed by atoms with Crippen molar-refractivity contribution < 1.29 is 14.4 Å². The van der Waals surface area contributed by atoms with Crippen LogP contribution in [0.25, 0.3) is 0 Å². The van der Waals surface area contributed by atoms with Gasteiger partial charge in [-0.1, -0.05) is 109 Å². The summed E-state index contributed by atoms with van der Waals surface area (Å²) < 4.78 is 0.293. The monoisotopic (exact) mass is 490 g/mol. The van der Waals surface area contributed by atoms with E-state index >= 15 is 0 Å². The maximum Gasteiger partial charge on any atom is 0.360 e. The first-order chi connectivity index (χ1) is 17.1. The molecule has 1 rings (SSSR count). The van der Waals surface area contributed by atoms with Crippen LogP contribution in [0.15, 0.2) is 29.5 Å². The summed E-state index contributed by atoms with van der Waals surface area (Å²) >= 11 is 0. The fourth-order valence-electron chi connectivity index (χ4n) is 5.05. The molecule has 1 aliphatic rings. The lowest BCUT2D eigenvalue weighted by atomic mass is 10.0. The second kappa shape index (κ2) is 21.8. The first kappa shape index (κ1) is 31.6. The number of quaternary nitrogens is 1. The van der Waals surface area contributed by atoms with Crippen molar-refractivity contribution in [2.45, 2.75) is 135 Å². The summed E-state index contributed by atoms with van der Waals surface area (Å²) in [5.41, 5.74) is 5.73. The summed E-state index contributed by atoms with van der Waals surface area (Å²) in [6, 6.07) is 0. The summed E-state index contributed by atoms with van der Waals surface area (Å²) in [6.07, 6.45) is 34.8. The van der Waals surface area contributed by atoms with Gasteiger partial charge in [0.05, 0.1) is 6.20 Å². The highest BCUT2D eigenvalue weighted by Crippen LogP contribution is 2.21. The highest BCUT2D eigenvalue weighted by Gasteiger charge is 2.36. The van der Waals surface area contributed by atoms with Crippen molar-refractivity contribution in [1.29, 1.82) is 0 Å². The van der Waals surface area contributed by atoms with Crippen molar-refractivity contribution in [2.24, 2.45) is 10.7 Å². The van der Waals surface area contributed by atoms with E-state index in [2.05, 4.69) is 24.1 Å². The van der Waals surface area contributed by atoms with Gasteiger partial charge in [-0.3, -0.25) is 0 Å². The third kappa shape index (κ3) is 16.0. The van der Waals surface area contributed by atoms with Crippen LogP contribution in [0.4, 0.5) is 0 Å². The van der Waals surface area contributed by atoms with Crippen LogP contribution >= 0.6 is 0 Å². The van der Waals surface area contributed by atoms with Crippen molar-refractivity contribution in [3.8, 4) is 0 Å². The van der Waals surface area contributed by atoms with Gasteiger partial charge in [-0.15, -0.1) is 0 Å². The molecule has 202 valence electrons. The number of aliphatic carboxylic acids is 1. The van der Waals surface area contributed by atoms with Crippen LogP contribution in [0.2, 0.25) is 0 Å². The second-order valence-corrected chi connectivity index (χ2v) is 10.4. The number of nitrogens with two attached hydrogens (primary N) is 1. The van der Waals surface area contributed by atoms with Crippen LogP contribution in [0.3, 0.4) is 0 Å².